The van der Waals surface area contributed by atoms with Gasteiger partial charge in [0.2, 0.25) is 5.91 Å². The molecule has 0 N–H and O–H groups in total. The maximum Gasteiger partial charge on any atom is 0.229 e. The van der Waals surface area contributed by atoms with Crippen molar-refractivity contribution in [3.8, 4) is 6.07 Å². The lowest BCUT2D eigenvalue weighted by Gasteiger charge is -2.34. The Morgan fingerprint density at radius 1 is 1.41 bits per heavy atom. The van der Waals surface area contributed by atoms with Crippen molar-refractivity contribution in [1.82, 2.24) is 4.90 Å². The van der Waals surface area contributed by atoms with Gasteiger partial charge in [-0.3, -0.25) is 4.79 Å². The Labute approximate surface area is 100 Å². The molecule has 5 nitrogen and oxygen atoms in total. The summed E-state index contributed by atoms with van der Waals surface area (Å²) in [5, 5.41) is 9.03. The highest BCUT2D eigenvalue weighted by Crippen LogP contribution is 2.39. The molecule has 3 saturated heterocycles. The number of hydrogen-bond donors (Lipinski definition) is 0. The van der Waals surface area contributed by atoms with Crippen LogP contribution in [0, 0.1) is 17.2 Å². The standard InChI is InChI=1S/C12H16N2O3/c13-6-8-7-16-4-3-14(8)12(15)10-5-9-1-2-11(10)17-9/h8-11H,1-5,7H2/t8-,9+,10+,11+/m0/s1. The number of amides is 1. The largest absolute Gasteiger partial charge is 0.376 e. The molecule has 0 aliphatic carbocycles. The molecule has 0 radical (unpaired) electrons. The molecule has 0 saturated carbocycles. The van der Waals surface area contributed by atoms with Gasteiger partial charge in [0.15, 0.2) is 0 Å². The summed E-state index contributed by atoms with van der Waals surface area (Å²) in [6.45, 7) is 1.40. The average Bonchev–Trinajstić information content (AvgIpc) is 3.00. The minimum Gasteiger partial charge on any atom is -0.376 e. The molecular formula is C12H16N2O3. The van der Waals surface area contributed by atoms with Crippen molar-refractivity contribution in [2.24, 2.45) is 5.92 Å². The van der Waals surface area contributed by atoms with Gasteiger partial charge in [0.1, 0.15) is 6.04 Å². The minimum absolute atomic E-state index is 0.0253. The SMILES string of the molecule is N#C[C@H]1COCCN1C(=O)[C@@H]1C[C@H]2CC[C@H]1O2. The second-order valence-corrected chi connectivity index (χ2v) is 4.97. The van der Waals surface area contributed by atoms with Gasteiger partial charge in [0.05, 0.1) is 37.4 Å². The quantitative estimate of drug-likeness (QED) is 0.657. The number of carbonyl (C=O) groups is 1. The van der Waals surface area contributed by atoms with Crippen LogP contribution < -0.4 is 0 Å². The van der Waals surface area contributed by atoms with Gasteiger partial charge >= 0.3 is 0 Å². The number of fused-ring (bicyclic) bond motifs is 2. The lowest BCUT2D eigenvalue weighted by atomic mass is 9.88. The van der Waals surface area contributed by atoms with E-state index in [1.54, 1.807) is 4.90 Å². The van der Waals surface area contributed by atoms with Crippen molar-refractivity contribution in [1.29, 1.82) is 5.26 Å². The number of nitrogens with zero attached hydrogens (tertiary/aromatic N) is 2. The maximum absolute atomic E-state index is 12.4. The number of carbonyl (C=O) groups excluding carboxylic acids is 1. The molecule has 0 aromatic carbocycles. The van der Waals surface area contributed by atoms with E-state index in [1.807, 2.05) is 0 Å². The lowest BCUT2D eigenvalue weighted by Crippen LogP contribution is -2.51. The van der Waals surface area contributed by atoms with Crippen molar-refractivity contribution in [2.75, 3.05) is 19.8 Å². The predicted octanol–water partition coefficient (Wildman–Crippen LogP) is 0.305. The van der Waals surface area contributed by atoms with E-state index in [9.17, 15) is 4.79 Å². The van der Waals surface area contributed by atoms with Gasteiger partial charge in [-0.15, -0.1) is 0 Å². The molecule has 3 aliphatic heterocycles. The van der Waals surface area contributed by atoms with Crippen molar-refractivity contribution >= 4 is 5.91 Å². The Bertz CT molecular complexity index is 365. The van der Waals surface area contributed by atoms with E-state index in [1.165, 1.54) is 0 Å². The summed E-state index contributed by atoms with van der Waals surface area (Å²) >= 11 is 0. The first-order chi connectivity index (χ1) is 8.29. The molecular weight excluding hydrogens is 220 g/mol. The molecule has 0 aromatic heterocycles. The molecule has 0 unspecified atom stereocenters. The Hall–Kier alpha value is -1.12. The third-order valence-corrected chi connectivity index (χ3v) is 3.98. The smallest absolute Gasteiger partial charge is 0.229 e. The molecule has 3 aliphatic rings. The average molecular weight is 236 g/mol. The first-order valence-corrected chi connectivity index (χ1v) is 6.23. The summed E-state index contributed by atoms with van der Waals surface area (Å²) in [4.78, 5) is 14.1. The van der Waals surface area contributed by atoms with Crippen LogP contribution in [-0.2, 0) is 14.3 Å². The number of rotatable bonds is 1. The van der Waals surface area contributed by atoms with E-state index >= 15 is 0 Å². The van der Waals surface area contributed by atoms with Crippen LogP contribution in [0.1, 0.15) is 19.3 Å². The zero-order valence-corrected chi connectivity index (χ0v) is 9.67. The third kappa shape index (κ3) is 1.81. The van der Waals surface area contributed by atoms with Crippen LogP contribution in [0.3, 0.4) is 0 Å². The molecule has 1 amide bonds. The molecule has 5 heteroatoms. The van der Waals surface area contributed by atoms with E-state index < -0.39 is 6.04 Å². The molecule has 17 heavy (non-hydrogen) atoms. The third-order valence-electron chi connectivity index (χ3n) is 3.98. The molecule has 4 atom stereocenters. The van der Waals surface area contributed by atoms with Crippen LogP contribution in [-0.4, -0.2) is 48.8 Å². The highest BCUT2D eigenvalue weighted by atomic mass is 16.5. The fourth-order valence-electron chi connectivity index (χ4n) is 3.09. The van der Waals surface area contributed by atoms with Crippen LogP contribution in [0.2, 0.25) is 0 Å². The Balaban J connectivity index is 1.71. The minimum atomic E-state index is -0.421. The Morgan fingerprint density at radius 3 is 2.94 bits per heavy atom. The number of ether oxygens (including phenoxy) is 2. The molecule has 0 spiro atoms. The van der Waals surface area contributed by atoms with Crippen molar-refractivity contribution in [3.05, 3.63) is 0 Å². The van der Waals surface area contributed by atoms with Crippen LogP contribution in [0.25, 0.3) is 0 Å². The van der Waals surface area contributed by atoms with Gasteiger partial charge in [0.25, 0.3) is 0 Å². The van der Waals surface area contributed by atoms with Crippen LogP contribution in [0.15, 0.2) is 0 Å². The van der Waals surface area contributed by atoms with Crippen molar-refractivity contribution in [3.63, 3.8) is 0 Å². The topological polar surface area (TPSA) is 62.6 Å². The monoisotopic (exact) mass is 236 g/mol. The van der Waals surface area contributed by atoms with Gasteiger partial charge < -0.3 is 14.4 Å². The lowest BCUT2D eigenvalue weighted by molar-refractivity contribution is -0.143. The summed E-state index contributed by atoms with van der Waals surface area (Å²) in [5.41, 5.74) is 0. The second kappa shape index (κ2) is 4.28. The predicted molar refractivity (Wildman–Crippen MR) is 57.9 cm³/mol. The molecule has 3 rings (SSSR count). The fraction of sp³-hybridized carbons (Fsp3) is 0.833. The van der Waals surface area contributed by atoms with Gasteiger partial charge in [-0.1, -0.05) is 0 Å². The Morgan fingerprint density at radius 2 is 2.29 bits per heavy atom. The fourth-order valence-corrected chi connectivity index (χ4v) is 3.09. The normalized spacial score (nSPS) is 40.3. The van der Waals surface area contributed by atoms with Gasteiger partial charge in [-0.05, 0) is 19.3 Å². The number of nitriles is 1. The van der Waals surface area contributed by atoms with Crippen LogP contribution in [0.4, 0.5) is 0 Å². The summed E-state index contributed by atoms with van der Waals surface area (Å²) in [6.07, 6.45) is 3.27. The first kappa shape index (κ1) is 11.0. The van der Waals surface area contributed by atoms with E-state index in [0.29, 0.717) is 19.8 Å². The van der Waals surface area contributed by atoms with Gasteiger partial charge in [-0.2, -0.15) is 5.26 Å². The maximum atomic E-state index is 12.4. The number of hydrogen-bond acceptors (Lipinski definition) is 4. The highest BCUT2D eigenvalue weighted by Gasteiger charge is 2.46. The summed E-state index contributed by atoms with van der Waals surface area (Å²) in [7, 11) is 0. The molecule has 2 bridgehead atoms. The van der Waals surface area contributed by atoms with Crippen LogP contribution in [0.5, 0.6) is 0 Å². The van der Waals surface area contributed by atoms with E-state index in [2.05, 4.69) is 6.07 Å². The molecule has 92 valence electrons. The molecule has 0 aromatic rings. The molecule has 3 fully saturated rings. The molecule has 3 heterocycles. The van der Waals surface area contributed by atoms with E-state index in [0.717, 1.165) is 19.3 Å². The summed E-state index contributed by atoms with van der Waals surface area (Å²) in [6, 6.07) is 1.72. The highest BCUT2D eigenvalue weighted by molar-refractivity contribution is 5.80. The number of morpholine rings is 1. The second-order valence-electron chi connectivity index (χ2n) is 4.97. The van der Waals surface area contributed by atoms with Gasteiger partial charge in [0, 0.05) is 6.54 Å². The zero-order valence-electron chi connectivity index (χ0n) is 9.67. The summed E-state index contributed by atoms with van der Waals surface area (Å²) in [5.74, 6) is 0.0646. The van der Waals surface area contributed by atoms with E-state index in [4.69, 9.17) is 14.7 Å². The van der Waals surface area contributed by atoms with Crippen molar-refractivity contribution in [2.45, 2.75) is 37.5 Å². The van der Waals surface area contributed by atoms with Crippen molar-refractivity contribution < 1.29 is 14.3 Å². The van der Waals surface area contributed by atoms with E-state index in [-0.39, 0.29) is 24.0 Å². The zero-order chi connectivity index (χ0) is 11.8. The van der Waals surface area contributed by atoms with Crippen LogP contribution >= 0.6 is 0 Å². The summed E-state index contributed by atoms with van der Waals surface area (Å²) < 4.78 is 10.9. The Kier molecular flexibility index (Phi) is 2.77. The first-order valence-electron chi connectivity index (χ1n) is 6.23. The van der Waals surface area contributed by atoms with Gasteiger partial charge in [-0.25, -0.2) is 0 Å².